The van der Waals surface area contributed by atoms with Gasteiger partial charge in [0.15, 0.2) is 5.13 Å². The maximum atomic E-state index is 12.1. The average molecular weight is 308 g/mol. The van der Waals surface area contributed by atoms with Crippen molar-refractivity contribution in [2.75, 3.05) is 5.32 Å². The van der Waals surface area contributed by atoms with Gasteiger partial charge in [0.05, 0.1) is 10.2 Å². The van der Waals surface area contributed by atoms with Crippen LogP contribution in [0, 0.1) is 5.92 Å². The van der Waals surface area contributed by atoms with Gasteiger partial charge in [-0.15, -0.1) is 0 Å². The minimum absolute atomic E-state index is 0.0555. The van der Waals surface area contributed by atoms with Crippen LogP contribution >= 0.6 is 11.3 Å². The van der Waals surface area contributed by atoms with Crippen LogP contribution in [0.25, 0.3) is 21.0 Å². The number of fused-ring (bicyclic) bond motifs is 3. The Bertz CT molecular complexity index is 881. The summed E-state index contributed by atoms with van der Waals surface area (Å²) in [6.07, 6.45) is 7.02. The number of amides is 1. The molecule has 0 aliphatic heterocycles. The first kappa shape index (κ1) is 13.5. The maximum absolute atomic E-state index is 12.1. The number of benzene rings is 2. The van der Waals surface area contributed by atoms with Gasteiger partial charge in [-0.2, -0.15) is 0 Å². The van der Waals surface area contributed by atoms with Gasteiger partial charge in [0, 0.05) is 11.8 Å². The van der Waals surface area contributed by atoms with E-state index in [0.717, 1.165) is 28.4 Å². The Balaban J connectivity index is 1.60. The van der Waals surface area contributed by atoms with Crippen molar-refractivity contribution in [3.63, 3.8) is 0 Å². The molecule has 0 fully saturated rings. The molecular formula is C18H16N2OS. The molecule has 0 saturated heterocycles. The molecule has 110 valence electrons. The molecule has 2 aromatic carbocycles. The molecule has 0 saturated carbocycles. The normalized spacial score (nSPS) is 17.4. The fraction of sp³-hybridized carbons (Fsp3) is 0.222. The van der Waals surface area contributed by atoms with Gasteiger partial charge in [0.2, 0.25) is 5.91 Å². The van der Waals surface area contributed by atoms with E-state index in [1.165, 1.54) is 16.7 Å². The molecule has 3 aromatic rings. The van der Waals surface area contributed by atoms with Gasteiger partial charge in [-0.25, -0.2) is 4.98 Å². The van der Waals surface area contributed by atoms with Crippen molar-refractivity contribution in [2.24, 2.45) is 5.92 Å². The smallest absolute Gasteiger partial charge is 0.226 e. The van der Waals surface area contributed by atoms with Gasteiger partial charge in [0.25, 0.3) is 0 Å². The molecule has 1 aliphatic rings. The van der Waals surface area contributed by atoms with Crippen molar-refractivity contribution in [3.05, 3.63) is 48.6 Å². The molecule has 1 aliphatic carbocycles. The lowest BCUT2D eigenvalue weighted by Gasteiger charge is -2.06. The second kappa shape index (κ2) is 5.54. The quantitative estimate of drug-likeness (QED) is 0.710. The monoisotopic (exact) mass is 308 g/mol. The summed E-state index contributed by atoms with van der Waals surface area (Å²) >= 11 is 1.54. The Morgan fingerprint density at radius 3 is 3.05 bits per heavy atom. The summed E-state index contributed by atoms with van der Waals surface area (Å²) in [6, 6.07) is 12.4. The van der Waals surface area contributed by atoms with E-state index in [1.807, 2.05) is 12.1 Å². The van der Waals surface area contributed by atoms with Gasteiger partial charge in [-0.1, -0.05) is 53.8 Å². The maximum Gasteiger partial charge on any atom is 0.226 e. The molecule has 1 atom stereocenters. The van der Waals surface area contributed by atoms with Crippen molar-refractivity contribution < 1.29 is 4.79 Å². The zero-order valence-corrected chi connectivity index (χ0v) is 12.9. The molecule has 3 nitrogen and oxygen atoms in total. The molecule has 1 aromatic heterocycles. The third-order valence-corrected chi connectivity index (χ3v) is 5.03. The number of nitrogens with zero attached hydrogens (tertiary/aromatic N) is 1. The van der Waals surface area contributed by atoms with E-state index in [-0.39, 0.29) is 5.91 Å². The van der Waals surface area contributed by atoms with Crippen LogP contribution in [-0.2, 0) is 4.79 Å². The number of hydrogen-bond acceptors (Lipinski definition) is 3. The number of aromatic nitrogens is 1. The van der Waals surface area contributed by atoms with E-state index in [0.29, 0.717) is 17.5 Å². The van der Waals surface area contributed by atoms with E-state index >= 15 is 0 Å². The Morgan fingerprint density at radius 2 is 2.18 bits per heavy atom. The predicted molar refractivity (Wildman–Crippen MR) is 92.2 cm³/mol. The van der Waals surface area contributed by atoms with Gasteiger partial charge < -0.3 is 5.32 Å². The summed E-state index contributed by atoms with van der Waals surface area (Å²) in [4.78, 5) is 16.8. The first-order chi connectivity index (χ1) is 10.8. The van der Waals surface area contributed by atoms with E-state index in [1.54, 1.807) is 0 Å². The largest absolute Gasteiger partial charge is 0.302 e. The van der Waals surface area contributed by atoms with Gasteiger partial charge >= 0.3 is 0 Å². The lowest BCUT2D eigenvalue weighted by molar-refractivity contribution is -0.116. The van der Waals surface area contributed by atoms with Gasteiger partial charge in [-0.05, 0) is 30.2 Å². The third kappa shape index (κ3) is 2.50. The third-order valence-electron chi connectivity index (χ3n) is 4.09. The molecule has 4 heteroatoms. The molecule has 1 heterocycles. The Morgan fingerprint density at radius 1 is 1.27 bits per heavy atom. The average Bonchev–Trinajstić information content (AvgIpc) is 3.16. The van der Waals surface area contributed by atoms with Crippen LogP contribution in [0.15, 0.2) is 48.6 Å². The first-order valence-corrected chi connectivity index (χ1v) is 8.36. The minimum Gasteiger partial charge on any atom is -0.302 e. The number of anilines is 1. The van der Waals surface area contributed by atoms with Crippen LogP contribution in [-0.4, -0.2) is 10.9 Å². The van der Waals surface area contributed by atoms with Crippen LogP contribution in [0.3, 0.4) is 0 Å². The lowest BCUT2D eigenvalue weighted by Crippen LogP contribution is -2.14. The summed E-state index contributed by atoms with van der Waals surface area (Å²) in [6.45, 7) is 0. The second-order valence-electron chi connectivity index (χ2n) is 5.67. The van der Waals surface area contributed by atoms with E-state index in [2.05, 4.69) is 46.7 Å². The fourth-order valence-electron chi connectivity index (χ4n) is 2.99. The van der Waals surface area contributed by atoms with Gasteiger partial charge in [0.1, 0.15) is 0 Å². The zero-order chi connectivity index (χ0) is 14.9. The van der Waals surface area contributed by atoms with Gasteiger partial charge in [-0.3, -0.25) is 4.79 Å². The number of allylic oxidation sites excluding steroid dienone is 2. The van der Waals surface area contributed by atoms with Crippen molar-refractivity contribution in [2.45, 2.75) is 19.3 Å². The summed E-state index contributed by atoms with van der Waals surface area (Å²) in [5, 5.41) is 5.96. The second-order valence-corrected chi connectivity index (χ2v) is 6.70. The van der Waals surface area contributed by atoms with Crippen molar-refractivity contribution in [3.8, 4) is 0 Å². The number of nitrogens with one attached hydrogen (secondary N) is 1. The number of hydrogen-bond donors (Lipinski definition) is 1. The number of thiazole rings is 1. The molecule has 4 rings (SSSR count). The van der Waals surface area contributed by atoms with Crippen molar-refractivity contribution in [1.82, 2.24) is 4.98 Å². The Kier molecular flexibility index (Phi) is 3.39. The number of carbonyl (C=O) groups is 1. The SMILES string of the molecule is O=C(CC1C=CCC1)Nc1nc2c(ccc3ccccc32)s1. The van der Waals surface area contributed by atoms with Crippen LogP contribution < -0.4 is 5.32 Å². The molecular weight excluding hydrogens is 292 g/mol. The highest BCUT2D eigenvalue weighted by Crippen LogP contribution is 2.32. The standard InChI is InChI=1S/C18H16N2OS/c21-16(11-12-5-1-2-6-12)19-18-20-17-14-8-4-3-7-13(14)9-10-15(17)22-18/h1,3-5,7-10,12H,2,6,11H2,(H,19,20,21). The minimum atomic E-state index is 0.0555. The van der Waals surface area contributed by atoms with Crippen LogP contribution in [0.2, 0.25) is 0 Å². The van der Waals surface area contributed by atoms with Crippen LogP contribution in [0.1, 0.15) is 19.3 Å². The zero-order valence-electron chi connectivity index (χ0n) is 12.1. The first-order valence-electron chi connectivity index (χ1n) is 7.54. The predicted octanol–water partition coefficient (Wildman–Crippen LogP) is 4.74. The van der Waals surface area contributed by atoms with Crippen molar-refractivity contribution in [1.29, 1.82) is 0 Å². The van der Waals surface area contributed by atoms with Crippen LogP contribution in [0.4, 0.5) is 5.13 Å². The van der Waals surface area contributed by atoms with E-state index < -0.39 is 0 Å². The number of carbonyl (C=O) groups excluding carboxylic acids is 1. The Labute approximate surface area is 132 Å². The highest BCUT2D eigenvalue weighted by atomic mass is 32.1. The molecule has 0 radical (unpaired) electrons. The summed E-state index contributed by atoms with van der Waals surface area (Å²) in [5.41, 5.74) is 0.971. The lowest BCUT2D eigenvalue weighted by atomic mass is 10.1. The molecule has 0 bridgehead atoms. The summed E-state index contributed by atoms with van der Waals surface area (Å²) in [5.74, 6) is 0.440. The van der Waals surface area contributed by atoms with E-state index in [4.69, 9.17) is 0 Å². The molecule has 22 heavy (non-hydrogen) atoms. The Hall–Kier alpha value is -2.20. The highest BCUT2D eigenvalue weighted by Gasteiger charge is 2.15. The molecule has 1 unspecified atom stereocenters. The van der Waals surface area contributed by atoms with E-state index in [9.17, 15) is 4.79 Å². The van der Waals surface area contributed by atoms with Crippen molar-refractivity contribution >= 4 is 43.4 Å². The number of rotatable bonds is 3. The fourth-order valence-corrected chi connectivity index (χ4v) is 3.89. The summed E-state index contributed by atoms with van der Waals surface area (Å²) < 4.78 is 1.11. The topological polar surface area (TPSA) is 42.0 Å². The molecule has 1 amide bonds. The summed E-state index contributed by atoms with van der Waals surface area (Å²) in [7, 11) is 0. The molecule has 1 N–H and O–H groups in total. The highest BCUT2D eigenvalue weighted by molar-refractivity contribution is 7.22. The molecule has 0 spiro atoms. The van der Waals surface area contributed by atoms with Crippen LogP contribution in [0.5, 0.6) is 0 Å².